The third-order valence-electron chi connectivity index (χ3n) is 2.98. The van der Waals surface area contributed by atoms with Crippen LogP contribution in [-0.2, 0) is 0 Å². The van der Waals surface area contributed by atoms with E-state index in [0.29, 0.717) is 11.5 Å². The number of amides is 1. The van der Waals surface area contributed by atoms with Gasteiger partial charge in [0.15, 0.2) is 5.82 Å². The zero-order chi connectivity index (χ0) is 16.4. The van der Waals surface area contributed by atoms with Crippen LogP contribution in [0.5, 0.6) is 0 Å². The zero-order valence-corrected chi connectivity index (χ0v) is 13.3. The fourth-order valence-electron chi connectivity index (χ4n) is 1.84. The van der Waals surface area contributed by atoms with Crippen molar-refractivity contribution >= 4 is 33.3 Å². The van der Waals surface area contributed by atoms with Crippen LogP contribution >= 0.6 is 15.9 Å². The van der Waals surface area contributed by atoms with Crippen molar-refractivity contribution < 1.29 is 14.1 Å². The van der Waals surface area contributed by atoms with Crippen LogP contribution in [0.2, 0.25) is 0 Å². The third kappa shape index (κ3) is 3.11. The summed E-state index contributed by atoms with van der Waals surface area (Å²) in [6.45, 7) is 1.76. The van der Waals surface area contributed by atoms with Crippen LogP contribution in [0.1, 0.15) is 16.1 Å². The van der Waals surface area contributed by atoms with E-state index in [1.165, 1.54) is 7.05 Å². The van der Waals surface area contributed by atoms with Crippen molar-refractivity contribution in [3.05, 3.63) is 62.0 Å². The van der Waals surface area contributed by atoms with Gasteiger partial charge in [-0.2, -0.15) is 0 Å². The smallest absolute Gasteiger partial charge is 0.271 e. The van der Waals surface area contributed by atoms with Gasteiger partial charge in [0.05, 0.1) is 15.0 Å². The number of halogens is 2. The van der Waals surface area contributed by atoms with E-state index in [1.54, 1.807) is 25.1 Å². The summed E-state index contributed by atoms with van der Waals surface area (Å²) in [5.74, 6) is -1.25. The Labute approximate surface area is 133 Å². The fourth-order valence-corrected chi connectivity index (χ4v) is 2.28. The summed E-state index contributed by atoms with van der Waals surface area (Å²) in [7, 11) is 1.43. The van der Waals surface area contributed by atoms with E-state index in [2.05, 4.69) is 20.9 Å². The summed E-state index contributed by atoms with van der Waals surface area (Å²) in [6, 6.07) is 6.98. The number of benzene rings is 1. The molecule has 0 saturated heterocycles. The second kappa shape index (κ2) is 6.18. The number of carbonyl (C=O) groups is 1. The highest BCUT2D eigenvalue weighted by molar-refractivity contribution is 9.10. The Morgan fingerprint density at radius 3 is 2.68 bits per heavy atom. The minimum atomic E-state index is -0.852. The fraction of sp³-hybridized carbons (Fsp3) is 0.143. The molecule has 0 radical (unpaired) electrons. The molecule has 1 aromatic heterocycles. The number of pyridine rings is 1. The first-order valence-electron chi connectivity index (χ1n) is 6.16. The van der Waals surface area contributed by atoms with Gasteiger partial charge < -0.3 is 0 Å². The highest BCUT2D eigenvalue weighted by Gasteiger charge is 2.24. The highest BCUT2D eigenvalue weighted by Crippen LogP contribution is 2.27. The molecule has 22 heavy (non-hydrogen) atoms. The van der Waals surface area contributed by atoms with Crippen molar-refractivity contribution in [1.82, 2.24) is 4.98 Å². The first-order valence-corrected chi connectivity index (χ1v) is 6.95. The average molecular weight is 368 g/mol. The Balaban J connectivity index is 2.47. The molecule has 0 atom stereocenters. The molecule has 6 nitrogen and oxygen atoms in total. The summed E-state index contributed by atoms with van der Waals surface area (Å²) >= 11 is 2.88. The number of nitro benzene ring substituents is 1. The second-order valence-electron chi connectivity index (χ2n) is 4.55. The monoisotopic (exact) mass is 367 g/mol. The Hall–Kier alpha value is -2.35. The summed E-state index contributed by atoms with van der Waals surface area (Å²) in [6.07, 6.45) is 0. The van der Waals surface area contributed by atoms with Crippen LogP contribution in [-0.4, -0.2) is 22.9 Å². The van der Waals surface area contributed by atoms with Crippen molar-refractivity contribution in [2.75, 3.05) is 11.9 Å². The molecule has 0 bridgehead atoms. The first-order chi connectivity index (χ1) is 10.3. The van der Waals surface area contributed by atoms with Gasteiger partial charge in [-0.3, -0.25) is 19.8 Å². The molecule has 8 heteroatoms. The van der Waals surface area contributed by atoms with Crippen molar-refractivity contribution in [3.8, 4) is 0 Å². The number of aromatic nitrogens is 1. The highest BCUT2D eigenvalue weighted by atomic mass is 79.9. The Morgan fingerprint density at radius 1 is 1.41 bits per heavy atom. The number of carbonyl (C=O) groups excluding carboxylic acids is 1. The van der Waals surface area contributed by atoms with Crippen LogP contribution in [0.4, 0.5) is 15.9 Å². The molecule has 0 aliphatic rings. The molecule has 0 N–H and O–H groups in total. The van der Waals surface area contributed by atoms with Gasteiger partial charge in [-0.1, -0.05) is 6.07 Å². The topological polar surface area (TPSA) is 76.3 Å². The number of nitro groups is 1. The normalized spacial score (nSPS) is 10.4. The lowest BCUT2D eigenvalue weighted by molar-refractivity contribution is -0.385. The van der Waals surface area contributed by atoms with Gasteiger partial charge in [-0.15, -0.1) is 0 Å². The zero-order valence-electron chi connectivity index (χ0n) is 11.7. The Bertz CT molecular complexity index is 767. The van der Waals surface area contributed by atoms with Crippen LogP contribution in [0.15, 0.2) is 34.8 Å². The van der Waals surface area contributed by atoms with E-state index < -0.39 is 22.2 Å². The molecule has 1 heterocycles. The lowest BCUT2D eigenvalue weighted by Gasteiger charge is -2.17. The predicted molar refractivity (Wildman–Crippen MR) is 82.5 cm³/mol. The van der Waals surface area contributed by atoms with Gasteiger partial charge in [-0.25, -0.2) is 9.37 Å². The average Bonchev–Trinajstić information content (AvgIpc) is 2.48. The molecule has 0 unspecified atom stereocenters. The lowest BCUT2D eigenvalue weighted by atomic mass is 10.1. The van der Waals surface area contributed by atoms with Crippen molar-refractivity contribution in [2.24, 2.45) is 0 Å². The second-order valence-corrected chi connectivity index (χ2v) is 5.40. The van der Waals surface area contributed by atoms with E-state index >= 15 is 0 Å². The van der Waals surface area contributed by atoms with E-state index in [-0.39, 0.29) is 10.2 Å². The summed E-state index contributed by atoms with van der Waals surface area (Å²) < 4.78 is 14.0. The summed E-state index contributed by atoms with van der Waals surface area (Å²) in [5, 5.41) is 10.8. The van der Waals surface area contributed by atoms with Gasteiger partial charge in [0.25, 0.3) is 11.6 Å². The molecule has 0 spiro atoms. The molecule has 1 aromatic carbocycles. The first kappa shape index (κ1) is 16.0. The predicted octanol–water partition coefficient (Wildman–Crippen LogP) is 3.48. The van der Waals surface area contributed by atoms with Crippen LogP contribution < -0.4 is 4.90 Å². The standard InChI is InChI=1S/C14H11BrFN3O3/c1-8-4-3-5-12(17-8)18(2)14(20)10-6-9(19(21)22)7-11(15)13(10)16/h3-7H,1-2H3. The van der Waals surface area contributed by atoms with Gasteiger partial charge in [0, 0.05) is 24.9 Å². The quantitative estimate of drug-likeness (QED) is 0.614. The van der Waals surface area contributed by atoms with Gasteiger partial charge in [0.2, 0.25) is 0 Å². The summed E-state index contributed by atoms with van der Waals surface area (Å²) in [4.78, 5) is 27.9. The van der Waals surface area contributed by atoms with Crippen molar-refractivity contribution in [3.63, 3.8) is 0 Å². The molecular formula is C14H11BrFN3O3. The van der Waals surface area contributed by atoms with Crippen molar-refractivity contribution in [1.29, 1.82) is 0 Å². The van der Waals surface area contributed by atoms with Gasteiger partial charge >= 0.3 is 0 Å². The third-order valence-corrected chi connectivity index (χ3v) is 3.55. The van der Waals surface area contributed by atoms with E-state index in [1.807, 2.05) is 0 Å². The van der Waals surface area contributed by atoms with Crippen molar-refractivity contribution in [2.45, 2.75) is 6.92 Å². The lowest BCUT2D eigenvalue weighted by Crippen LogP contribution is -2.28. The van der Waals surface area contributed by atoms with E-state index in [4.69, 9.17) is 0 Å². The maximum absolute atomic E-state index is 14.1. The molecule has 2 aromatic rings. The molecule has 0 saturated carbocycles. The molecule has 0 fully saturated rings. The molecule has 2 rings (SSSR count). The van der Waals surface area contributed by atoms with Gasteiger partial charge in [0.1, 0.15) is 5.82 Å². The number of aryl methyl sites for hydroxylation is 1. The number of anilines is 1. The maximum Gasteiger partial charge on any atom is 0.271 e. The Morgan fingerprint density at radius 2 is 2.09 bits per heavy atom. The number of non-ortho nitro benzene ring substituents is 1. The van der Waals surface area contributed by atoms with Gasteiger partial charge in [-0.05, 0) is 35.0 Å². The van der Waals surface area contributed by atoms with E-state index in [0.717, 1.165) is 17.0 Å². The number of nitrogens with zero attached hydrogens (tertiary/aromatic N) is 3. The Kier molecular flexibility index (Phi) is 4.51. The SMILES string of the molecule is Cc1cccc(N(C)C(=O)c2cc([N+](=O)[O-])cc(Br)c2F)n1. The molecule has 0 aliphatic carbocycles. The minimum absolute atomic E-state index is 0.143. The molecular weight excluding hydrogens is 357 g/mol. The number of hydrogen-bond donors (Lipinski definition) is 0. The van der Waals surface area contributed by atoms with Crippen LogP contribution in [0.3, 0.4) is 0 Å². The molecule has 0 aliphatic heterocycles. The maximum atomic E-state index is 14.1. The number of rotatable bonds is 3. The molecule has 1 amide bonds. The largest absolute Gasteiger partial charge is 0.296 e. The van der Waals surface area contributed by atoms with Crippen LogP contribution in [0.25, 0.3) is 0 Å². The van der Waals surface area contributed by atoms with Crippen LogP contribution in [0, 0.1) is 22.9 Å². The number of hydrogen-bond acceptors (Lipinski definition) is 4. The van der Waals surface area contributed by atoms with E-state index in [9.17, 15) is 19.3 Å². The summed E-state index contributed by atoms with van der Waals surface area (Å²) in [5.41, 5.74) is -0.0769. The minimum Gasteiger partial charge on any atom is -0.296 e. The molecule has 114 valence electrons.